The van der Waals surface area contributed by atoms with Gasteiger partial charge in [-0.05, 0) is 19.1 Å². The molecular weight excluding hydrogens is 450 g/mol. The van der Waals surface area contributed by atoms with E-state index in [1.807, 2.05) is 6.92 Å². The van der Waals surface area contributed by atoms with Crippen LogP contribution in [0.1, 0.15) is 17.5 Å². The van der Waals surface area contributed by atoms with Crippen LogP contribution < -0.4 is 11.2 Å². The number of halogens is 5. The SMILES string of the molecule is CCOCc1cnc(-c2cc(-n3c(=O)cc(C(F)(F)F)n(C)c3=O)c(F)cc2Cl)s1. The third-order valence-corrected chi connectivity index (χ3v) is 5.44. The van der Waals surface area contributed by atoms with Crippen molar-refractivity contribution >= 4 is 22.9 Å². The van der Waals surface area contributed by atoms with Gasteiger partial charge in [-0.3, -0.25) is 9.36 Å². The monoisotopic (exact) mass is 463 g/mol. The maximum Gasteiger partial charge on any atom is 0.431 e. The molecule has 0 aliphatic carbocycles. The molecule has 3 rings (SSSR count). The zero-order valence-corrected chi connectivity index (χ0v) is 17.2. The first-order valence-electron chi connectivity index (χ1n) is 8.47. The largest absolute Gasteiger partial charge is 0.431 e. The predicted octanol–water partition coefficient (Wildman–Crippen LogP) is 4.01. The van der Waals surface area contributed by atoms with Gasteiger partial charge < -0.3 is 4.74 Å². The van der Waals surface area contributed by atoms with Gasteiger partial charge in [-0.25, -0.2) is 18.7 Å². The number of rotatable bonds is 5. The highest BCUT2D eigenvalue weighted by Crippen LogP contribution is 2.34. The van der Waals surface area contributed by atoms with E-state index in [2.05, 4.69) is 4.98 Å². The van der Waals surface area contributed by atoms with Gasteiger partial charge >= 0.3 is 11.9 Å². The number of aromatic nitrogens is 3. The van der Waals surface area contributed by atoms with Crippen LogP contribution in [0.2, 0.25) is 5.02 Å². The summed E-state index contributed by atoms with van der Waals surface area (Å²) in [6.45, 7) is 2.63. The molecule has 0 atom stereocenters. The Kier molecular flexibility index (Phi) is 6.16. The Morgan fingerprint density at radius 2 is 1.93 bits per heavy atom. The first-order valence-corrected chi connectivity index (χ1v) is 9.66. The van der Waals surface area contributed by atoms with Crippen LogP contribution in [0.3, 0.4) is 0 Å². The molecule has 0 spiro atoms. The lowest BCUT2D eigenvalue weighted by Gasteiger charge is -2.15. The molecule has 30 heavy (non-hydrogen) atoms. The van der Waals surface area contributed by atoms with Crippen molar-refractivity contribution in [2.45, 2.75) is 19.7 Å². The Bertz CT molecular complexity index is 1220. The number of hydrogen-bond donors (Lipinski definition) is 0. The van der Waals surface area contributed by atoms with E-state index in [1.54, 1.807) is 6.20 Å². The Labute approximate surface area is 175 Å². The van der Waals surface area contributed by atoms with Gasteiger partial charge in [0.1, 0.15) is 16.5 Å². The van der Waals surface area contributed by atoms with Crippen LogP contribution in [0.4, 0.5) is 17.6 Å². The van der Waals surface area contributed by atoms with Crippen molar-refractivity contribution in [3.8, 4) is 16.3 Å². The third kappa shape index (κ3) is 4.18. The standard InChI is InChI=1S/C18H14ClF4N3O3S/c1-3-29-8-9-7-24-16(30-9)10-4-13(12(20)5-11(10)19)26-15(27)6-14(18(21,22)23)25(2)17(26)28/h4-7H,3,8H2,1-2H3. The fourth-order valence-corrected chi connectivity index (χ4v) is 3.87. The van der Waals surface area contributed by atoms with E-state index < -0.39 is 34.6 Å². The molecule has 2 aromatic heterocycles. The molecular formula is C18H14ClF4N3O3S. The van der Waals surface area contributed by atoms with Gasteiger partial charge in [0.2, 0.25) is 0 Å². The van der Waals surface area contributed by atoms with E-state index in [0.29, 0.717) is 22.8 Å². The first kappa shape index (κ1) is 22.2. The van der Waals surface area contributed by atoms with Crippen LogP contribution in [-0.2, 0) is 24.6 Å². The minimum absolute atomic E-state index is 0.0367. The van der Waals surface area contributed by atoms with Crippen molar-refractivity contribution in [3.05, 3.63) is 66.6 Å². The van der Waals surface area contributed by atoms with Crippen LogP contribution in [-0.4, -0.2) is 20.7 Å². The molecule has 0 aliphatic heterocycles. The minimum Gasteiger partial charge on any atom is -0.376 e. The van der Waals surface area contributed by atoms with E-state index in [9.17, 15) is 27.2 Å². The van der Waals surface area contributed by atoms with Gasteiger partial charge in [0.05, 0.1) is 22.2 Å². The average Bonchev–Trinajstić information content (AvgIpc) is 3.12. The first-order chi connectivity index (χ1) is 14.0. The summed E-state index contributed by atoms with van der Waals surface area (Å²) < 4.78 is 59.5. The molecule has 0 N–H and O–H groups in total. The summed E-state index contributed by atoms with van der Waals surface area (Å²) >= 11 is 7.31. The quantitative estimate of drug-likeness (QED) is 0.536. The number of hydrogen-bond acceptors (Lipinski definition) is 5. The molecule has 0 radical (unpaired) electrons. The molecule has 3 aromatic rings. The predicted molar refractivity (Wildman–Crippen MR) is 104 cm³/mol. The molecule has 0 saturated heterocycles. The molecule has 0 saturated carbocycles. The smallest absolute Gasteiger partial charge is 0.376 e. The minimum atomic E-state index is -4.92. The molecule has 6 nitrogen and oxygen atoms in total. The Morgan fingerprint density at radius 3 is 2.57 bits per heavy atom. The van der Waals surface area contributed by atoms with E-state index in [-0.39, 0.29) is 21.2 Å². The summed E-state index contributed by atoms with van der Waals surface area (Å²) in [5, 5.41) is 0.332. The lowest BCUT2D eigenvalue weighted by molar-refractivity contribution is -0.144. The highest BCUT2D eigenvalue weighted by Gasteiger charge is 2.35. The molecule has 0 amide bonds. The molecule has 0 bridgehead atoms. The van der Waals surface area contributed by atoms with Crippen LogP contribution in [0, 0.1) is 5.82 Å². The van der Waals surface area contributed by atoms with E-state index in [0.717, 1.165) is 24.1 Å². The second-order valence-electron chi connectivity index (χ2n) is 6.09. The average molecular weight is 464 g/mol. The van der Waals surface area contributed by atoms with Crippen molar-refractivity contribution in [3.63, 3.8) is 0 Å². The lowest BCUT2D eigenvalue weighted by atomic mass is 10.2. The molecule has 160 valence electrons. The number of alkyl halides is 3. The number of nitrogens with zero attached hydrogens (tertiary/aromatic N) is 3. The van der Waals surface area contributed by atoms with Gasteiger partial charge in [0, 0.05) is 31.5 Å². The third-order valence-electron chi connectivity index (χ3n) is 4.12. The zero-order chi connectivity index (χ0) is 22.2. The van der Waals surface area contributed by atoms with Crippen molar-refractivity contribution < 1.29 is 22.3 Å². The van der Waals surface area contributed by atoms with Crippen molar-refractivity contribution in [1.29, 1.82) is 0 Å². The molecule has 0 unspecified atom stereocenters. The summed E-state index contributed by atoms with van der Waals surface area (Å²) in [6.07, 6.45) is -3.38. The second-order valence-corrected chi connectivity index (χ2v) is 7.62. The normalized spacial score (nSPS) is 11.8. The maximum atomic E-state index is 14.6. The summed E-state index contributed by atoms with van der Waals surface area (Å²) in [6, 6.07) is 2.22. The summed E-state index contributed by atoms with van der Waals surface area (Å²) in [7, 11) is 0.844. The van der Waals surface area contributed by atoms with Gasteiger partial charge in [-0.15, -0.1) is 11.3 Å². The van der Waals surface area contributed by atoms with Gasteiger partial charge in [-0.1, -0.05) is 11.6 Å². The summed E-state index contributed by atoms with van der Waals surface area (Å²) in [5.41, 5.74) is -4.43. The Balaban J connectivity index is 2.18. The van der Waals surface area contributed by atoms with E-state index in [1.165, 1.54) is 11.3 Å². The highest BCUT2D eigenvalue weighted by atomic mass is 35.5. The van der Waals surface area contributed by atoms with E-state index in [4.69, 9.17) is 16.3 Å². The summed E-state index contributed by atoms with van der Waals surface area (Å²) in [5.74, 6) is -1.05. The van der Waals surface area contributed by atoms with Crippen LogP contribution in [0.25, 0.3) is 16.3 Å². The molecule has 0 aliphatic rings. The van der Waals surface area contributed by atoms with Crippen LogP contribution >= 0.6 is 22.9 Å². The van der Waals surface area contributed by atoms with Crippen LogP contribution in [0.5, 0.6) is 0 Å². The highest BCUT2D eigenvalue weighted by molar-refractivity contribution is 7.15. The van der Waals surface area contributed by atoms with E-state index >= 15 is 0 Å². The number of benzene rings is 1. The van der Waals surface area contributed by atoms with Crippen molar-refractivity contribution in [2.75, 3.05) is 6.61 Å². The topological polar surface area (TPSA) is 66.1 Å². The van der Waals surface area contributed by atoms with Crippen LogP contribution in [0.15, 0.2) is 34.0 Å². The van der Waals surface area contributed by atoms with Crippen molar-refractivity contribution in [1.82, 2.24) is 14.1 Å². The summed E-state index contributed by atoms with van der Waals surface area (Å²) in [4.78, 5) is 29.7. The Hall–Kier alpha value is -2.50. The van der Waals surface area contributed by atoms with Gasteiger partial charge in [0.25, 0.3) is 5.56 Å². The molecule has 0 fully saturated rings. The molecule has 12 heteroatoms. The molecule has 2 heterocycles. The number of thiazole rings is 1. The van der Waals surface area contributed by atoms with Gasteiger partial charge in [-0.2, -0.15) is 13.2 Å². The zero-order valence-electron chi connectivity index (χ0n) is 15.6. The number of ether oxygens (including phenoxy) is 1. The lowest BCUT2D eigenvalue weighted by Crippen LogP contribution is -2.41. The van der Waals surface area contributed by atoms with Crippen molar-refractivity contribution in [2.24, 2.45) is 7.05 Å². The molecule has 1 aromatic carbocycles. The second kappa shape index (κ2) is 8.32. The maximum absolute atomic E-state index is 14.6. The Morgan fingerprint density at radius 1 is 1.23 bits per heavy atom. The fraction of sp³-hybridized carbons (Fsp3) is 0.278. The fourth-order valence-electron chi connectivity index (χ4n) is 2.69. The van der Waals surface area contributed by atoms with Gasteiger partial charge in [0.15, 0.2) is 0 Å².